The Kier molecular flexibility index (Phi) is 5.52. The number of hydrogen-bond donors (Lipinski definition) is 0. The number of Topliss-reactive ketones (excluding diaryl/α,β-unsaturated/α-hetero) is 1. The standard InChI is InChI=1S/C23H21ClFNO4S/c1-13(27)10-15-4-3-9-26-18-11-17(25)12-19(31(2,29)30)20(18)21(22(15)26)23(28)14-5-7-16(24)8-6-14/h5-8,11-12,15H,3-4,9-10H2,1-2H3/t15-/m1/s1. The van der Waals surface area contributed by atoms with E-state index >= 15 is 0 Å². The predicted molar refractivity (Wildman–Crippen MR) is 117 cm³/mol. The summed E-state index contributed by atoms with van der Waals surface area (Å²) in [5, 5.41) is 0.683. The van der Waals surface area contributed by atoms with E-state index in [-0.39, 0.29) is 39.8 Å². The van der Waals surface area contributed by atoms with Gasteiger partial charge in [-0.05, 0) is 56.2 Å². The third-order valence-electron chi connectivity index (χ3n) is 5.72. The third kappa shape index (κ3) is 3.92. The van der Waals surface area contributed by atoms with E-state index < -0.39 is 15.7 Å². The molecule has 0 saturated heterocycles. The molecular weight excluding hydrogens is 441 g/mol. The molecule has 1 aliphatic heterocycles. The van der Waals surface area contributed by atoms with Gasteiger partial charge in [-0.1, -0.05) is 11.6 Å². The van der Waals surface area contributed by atoms with E-state index in [4.69, 9.17) is 11.6 Å². The fraction of sp³-hybridized carbons (Fsp3) is 0.304. The number of carbonyl (C=O) groups excluding carboxylic acids is 2. The van der Waals surface area contributed by atoms with Crippen molar-refractivity contribution in [2.75, 3.05) is 6.26 Å². The summed E-state index contributed by atoms with van der Waals surface area (Å²) in [5.41, 5.74) is 1.53. The lowest BCUT2D eigenvalue weighted by molar-refractivity contribution is -0.117. The number of carbonyl (C=O) groups is 2. The van der Waals surface area contributed by atoms with Gasteiger partial charge in [0.2, 0.25) is 0 Å². The summed E-state index contributed by atoms with van der Waals surface area (Å²) in [6, 6.07) is 8.55. The highest BCUT2D eigenvalue weighted by Gasteiger charge is 2.34. The van der Waals surface area contributed by atoms with Crippen LogP contribution in [0.15, 0.2) is 41.3 Å². The Balaban J connectivity index is 2.12. The van der Waals surface area contributed by atoms with E-state index in [2.05, 4.69) is 0 Å². The predicted octanol–water partition coefficient (Wildman–Crippen LogP) is 4.92. The van der Waals surface area contributed by atoms with Crippen molar-refractivity contribution in [3.63, 3.8) is 0 Å². The van der Waals surface area contributed by atoms with E-state index in [0.29, 0.717) is 34.8 Å². The summed E-state index contributed by atoms with van der Waals surface area (Å²) in [4.78, 5) is 25.4. The quantitative estimate of drug-likeness (QED) is 0.505. The van der Waals surface area contributed by atoms with E-state index in [1.807, 2.05) is 4.57 Å². The van der Waals surface area contributed by atoms with Crippen LogP contribution in [0.5, 0.6) is 0 Å². The van der Waals surface area contributed by atoms with Crippen LogP contribution in [0.3, 0.4) is 0 Å². The fourth-order valence-electron chi connectivity index (χ4n) is 4.54. The van der Waals surface area contributed by atoms with Crippen LogP contribution in [0.1, 0.15) is 53.7 Å². The minimum atomic E-state index is -3.83. The number of hydrogen-bond acceptors (Lipinski definition) is 4. The summed E-state index contributed by atoms with van der Waals surface area (Å²) in [6.45, 7) is 2.00. The van der Waals surface area contributed by atoms with Gasteiger partial charge in [0.15, 0.2) is 15.6 Å². The number of aromatic nitrogens is 1. The highest BCUT2D eigenvalue weighted by Crippen LogP contribution is 2.42. The highest BCUT2D eigenvalue weighted by molar-refractivity contribution is 7.91. The van der Waals surface area contributed by atoms with Gasteiger partial charge in [0.1, 0.15) is 11.6 Å². The molecule has 2 aromatic carbocycles. The first-order valence-electron chi connectivity index (χ1n) is 9.93. The van der Waals surface area contributed by atoms with Crippen molar-refractivity contribution >= 4 is 43.9 Å². The molecule has 0 spiro atoms. The largest absolute Gasteiger partial charge is 0.343 e. The monoisotopic (exact) mass is 461 g/mol. The van der Waals surface area contributed by atoms with E-state index in [1.165, 1.54) is 13.0 Å². The molecule has 162 valence electrons. The maximum Gasteiger partial charge on any atom is 0.195 e. The zero-order valence-corrected chi connectivity index (χ0v) is 18.7. The second kappa shape index (κ2) is 7.88. The maximum atomic E-state index is 14.5. The summed E-state index contributed by atoms with van der Waals surface area (Å²) < 4.78 is 41.4. The number of halogens is 2. The zero-order chi connectivity index (χ0) is 22.5. The molecule has 3 aromatic rings. The first kappa shape index (κ1) is 21.7. The van der Waals surface area contributed by atoms with Crippen LogP contribution < -0.4 is 0 Å². The third-order valence-corrected chi connectivity index (χ3v) is 7.09. The van der Waals surface area contributed by atoms with Crippen molar-refractivity contribution in [2.24, 2.45) is 0 Å². The van der Waals surface area contributed by atoms with E-state index in [1.54, 1.807) is 24.3 Å². The average Bonchev–Trinajstić information content (AvgIpc) is 3.01. The second-order valence-electron chi connectivity index (χ2n) is 8.06. The number of benzene rings is 2. The van der Waals surface area contributed by atoms with Crippen molar-refractivity contribution in [3.8, 4) is 0 Å². The number of nitrogens with zero attached hydrogens (tertiary/aromatic N) is 1. The number of fused-ring (bicyclic) bond motifs is 3. The summed E-state index contributed by atoms with van der Waals surface area (Å²) in [5.74, 6) is -1.33. The lowest BCUT2D eigenvalue weighted by Crippen LogP contribution is -2.20. The van der Waals surface area contributed by atoms with Gasteiger partial charge in [-0.2, -0.15) is 0 Å². The van der Waals surface area contributed by atoms with Gasteiger partial charge >= 0.3 is 0 Å². The van der Waals surface area contributed by atoms with Gasteiger partial charge < -0.3 is 9.36 Å². The van der Waals surface area contributed by atoms with Crippen LogP contribution >= 0.6 is 11.6 Å². The first-order valence-corrected chi connectivity index (χ1v) is 12.2. The Hall–Kier alpha value is -2.51. The van der Waals surface area contributed by atoms with Crippen LogP contribution in [0, 0.1) is 5.82 Å². The van der Waals surface area contributed by atoms with Gasteiger partial charge in [-0.25, -0.2) is 12.8 Å². The lowest BCUT2D eigenvalue weighted by atomic mass is 9.87. The van der Waals surface area contributed by atoms with Gasteiger partial charge in [-0.15, -0.1) is 0 Å². The summed E-state index contributed by atoms with van der Waals surface area (Å²) >= 11 is 5.96. The molecule has 1 aliphatic rings. The molecule has 0 N–H and O–H groups in total. The molecule has 0 unspecified atom stereocenters. The van der Waals surface area contributed by atoms with Crippen LogP contribution in [0.4, 0.5) is 4.39 Å². The second-order valence-corrected chi connectivity index (χ2v) is 10.5. The van der Waals surface area contributed by atoms with Crippen LogP contribution in [0.2, 0.25) is 5.02 Å². The normalized spacial score (nSPS) is 16.3. The molecule has 1 aromatic heterocycles. The first-order chi connectivity index (χ1) is 14.6. The number of ketones is 2. The fourth-order valence-corrected chi connectivity index (χ4v) is 5.57. The van der Waals surface area contributed by atoms with E-state index in [0.717, 1.165) is 18.7 Å². The Morgan fingerprint density at radius 1 is 1.19 bits per heavy atom. The summed E-state index contributed by atoms with van der Waals surface area (Å²) in [7, 11) is -3.83. The molecule has 4 rings (SSSR count). The average molecular weight is 462 g/mol. The summed E-state index contributed by atoms with van der Waals surface area (Å²) in [6.07, 6.45) is 2.66. The van der Waals surface area contributed by atoms with Crippen molar-refractivity contribution < 1.29 is 22.4 Å². The molecule has 8 heteroatoms. The molecule has 0 radical (unpaired) electrons. The molecule has 0 fully saturated rings. The molecule has 0 amide bonds. The lowest BCUT2D eigenvalue weighted by Gasteiger charge is -2.26. The minimum Gasteiger partial charge on any atom is -0.343 e. The molecule has 1 atom stereocenters. The van der Waals surface area contributed by atoms with Crippen LogP contribution in [-0.4, -0.2) is 30.8 Å². The van der Waals surface area contributed by atoms with Crippen LogP contribution in [-0.2, 0) is 21.2 Å². The SMILES string of the molecule is CC(=O)C[C@H]1CCCn2c1c(C(=O)c1ccc(Cl)cc1)c1c(S(C)(=O)=O)cc(F)cc12. The Bertz CT molecular complexity index is 1330. The number of sulfone groups is 1. The van der Waals surface area contributed by atoms with Crippen molar-refractivity contribution in [1.29, 1.82) is 0 Å². The van der Waals surface area contributed by atoms with Crippen molar-refractivity contribution in [3.05, 3.63) is 64.1 Å². The maximum absolute atomic E-state index is 14.5. The Morgan fingerprint density at radius 3 is 2.48 bits per heavy atom. The van der Waals surface area contributed by atoms with E-state index in [9.17, 15) is 22.4 Å². The minimum absolute atomic E-state index is 0.0249. The number of aryl methyl sites for hydroxylation is 1. The van der Waals surface area contributed by atoms with Gasteiger partial charge in [0.05, 0.1) is 16.0 Å². The Morgan fingerprint density at radius 2 is 1.87 bits per heavy atom. The topological polar surface area (TPSA) is 73.2 Å². The number of rotatable bonds is 5. The van der Waals surface area contributed by atoms with Gasteiger partial charge in [0.25, 0.3) is 0 Å². The molecule has 0 bridgehead atoms. The molecule has 0 aliphatic carbocycles. The highest BCUT2D eigenvalue weighted by atomic mass is 35.5. The van der Waals surface area contributed by atoms with Crippen LogP contribution in [0.25, 0.3) is 10.9 Å². The molecule has 2 heterocycles. The van der Waals surface area contributed by atoms with Crippen molar-refractivity contribution in [1.82, 2.24) is 4.57 Å². The Labute approximate surface area is 184 Å². The molecular formula is C23H21ClFNO4S. The van der Waals surface area contributed by atoms with Gasteiger partial charge in [-0.3, -0.25) is 4.79 Å². The molecule has 31 heavy (non-hydrogen) atoms. The van der Waals surface area contributed by atoms with Gasteiger partial charge in [0, 0.05) is 46.8 Å². The zero-order valence-electron chi connectivity index (χ0n) is 17.1. The molecule has 5 nitrogen and oxygen atoms in total. The van der Waals surface area contributed by atoms with Crippen molar-refractivity contribution in [2.45, 2.75) is 43.5 Å². The smallest absolute Gasteiger partial charge is 0.195 e. The molecule has 0 saturated carbocycles.